The van der Waals surface area contributed by atoms with E-state index in [0.717, 1.165) is 19.3 Å². The third-order valence-corrected chi connectivity index (χ3v) is 2.11. The molecule has 0 atom stereocenters. The number of hydrogen-bond donors (Lipinski definition) is 0. The molecule has 0 heterocycles. The summed E-state index contributed by atoms with van der Waals surface area (Å²) >= 11 is 0. The SMILES string of the molecule is CC1(C(=O)OC=O)CCC1. The molecule has 0 unspecified atom stereocenters. The Labute approximate surface area is 59.4 Å². The fourth-order valence-corrected chi connectivity index (χ4v) is 1.10. The zero-order valence-corrected chi connectivity index (χ0v) is 5.92. The van der Waals surface area contributed by atoms with Crippen molar-refractivity contribution in [3.8, 4) is 0 Å². The van der Waals surface area contributed by atoms with E-state index in [2.05, 4.69) is 4.74 Å². The van der Waals surface area contributed by atoms with Crippen molar-refractivity contribution in [3.05, 3.63) is 0 Å². The summed E-state index contributed by atoms with van der Waals surface area (Å²) in [7, 11) is 0. The van der Waals surface area contributed by atoms with Crippen molar-refractivity contribution in [2.24, 2.45) is 5.41 Å². The molecule has 0 radical (unpaired) electrons. The summed E-state index contributed by atoms with van der Waals surface area (Å²) in [6.45, 7) is 2.02. The molecule has 0 spiro atoms. The van der Waals surface area contributed by atoms with Crippen LogP contribution in [-0.4, -0.2) is 12.4 Å². The van der Waals surface area contributed by atoms with Gasteiger partial charge in [0.25, 0.3) is 0 Å². The Morgan fingerprint density at radius 3 is 2.50 bits per heavy atom. The maximum atomic E-state index is 10.9. The van der Waals surface area contributed by atoms with Crippen LogP contribution < -0.4 is 0 Å². The maximum Gasteiger partial charge on any atom is 0.319 e. The van der Waals surface area contributed by atoms with Gasteiger partial charge in [0.1, 0.15) is 0 Å². The van der Waals surface area contributed by atoms with Crippen LogP contribution in [0.1, 0.15) is 26.2 Å². The highest BCUT2D eigenvalue weighted by atomic mass is 16.6. The standard InChI is InChI=1S/C7H10O3/c1-7(3-2-4-7)6(9)10-5-8/h5H,2-4H2,1H3. The summed E-state index contributed by atoms with van der Waals surface area (Å²) in [5.74, 6) is -0.381. The molecule has 1 aliphatic rings. The van der Waals surface area contributed by atoms with E-state index in [1.54, 1.807) is 0 Å². The van der Waals surface area contributed by atoms with Gasteiger partial charge in [-0.25, -0.2) is 0 Å². The average Bonchev–Trinajstić information content (AvgIpc) is 1.83. The first kappa shape index (κ1) is 7.25. The quantitative estimate of drug-likeness (QED) is 0.326. The van der Waals surface area contributed by atoms with E-state index in [1.807, 2.05) is 6.92 Å². The lowest BCUT2D eigenvalue weighted by Crippen LogP contribution is -2.36. The molecule has 1 fully saturated rings. The maximum absolute atomic E-state index is 10.9. The number of hydrogen-bond acceptors (Lipinski definition) is 3. The molecule has 0 saturated heterocycles. The predicted octanol–water partition coefficient (Wildman–Crippen LogP) is 0.876. The number of ether oxygens (including phenoxy) is 1. The summed E-state index contributed by atoms with van der Waals surface area (Å²) in [5.41, 5.74) is -0.360. The zero-order chi connectivity index (χ0) is 7.61. The van der Waals surface area contributed by atoms with Crippen LogP contribution in [0.4, 0.5) is 0 Å². The Hall–Kier alpha value is -0.860. The number of carbonyl (C=O) groups excluding carboxylic acids is 2. The van der Waals surface area contributed by atoms with Crippen LogP contribution in [0, 0.1) is 5.41 Å². The summed E-state index contributed by atoms with van der Waals surface area (Å²) in [4.78, 5) is 20.7. The lowest BCUT2D eigenvalue weighted by atomic mass is 9.70. The van der Waals surface area contributed by atoms with Crippen LogP contribution in [0.2, 0.25) is 0 Å². The van der Waals surface area contributed by atoms with Gasteiger partial charge in [0, 0.05) is 0 Å². The Balaban J connectivity index is 2.46. The zero-order valence-electron chi connectivity index (χ0n) is 5.92. The molecule has 0 amide bonds. The van der Waals surface area contributed by atoms with Crippen molar-refractivity contribution in [1.29, 1.82) is 0 Å². The molecule has 1 saturated carbocycles. The van der Waals surface area contributed by atoms with E-state index >= 15 is 0 Å². The molecule has 0 N–H and O–H groups in total. The summed E-state index contributed by atoms with van der Waals surface area (Å²) < 4.78 is 4.23. The Morgan fingerprint density at radius 2 is 2.20 bits per heavy atom. The summed E-state index contributed by atoms with van der Waals surface area (Å²) in [6.07, 6.45) is 2.75. The smallest absolute Gasteiger partial charge is 0.319 e. The molecular formula is C7H10O3. The van der Waals surface area contributed by atoms with Gasteiger partial charge in [0.05, 0.1) is 5.41 Å². The summed E-state index contributed by atoms with van der Waals surface area (Å²) in [5, 5.41) is 0. The van der Waals surface area contributed by atoms with Crippen LogP contribution in [0.3, 0.4) is 0 Å². The molecule has 10 heavy (non-hydrogen) atoms. The van der Waals surface area contributed by atoms with Crippen molar-refractivity contribution < 1.29 is 14.3 Å². The predicted molar refractivity (Wildman–Crippen MR) is 34.1 cm³/mol. The lowest BCUT2D eigenvalue weighted by molar-refractivity contribution is -0.163. The summed E-state index contributed by atoms with van der Waals surface area (Å²) in [6, 6.07) is 0. The highest BCUT2D eigenvalue weighted by Gasteiger charge is 2.40. The van der Waals surface area contributed by atoms with E-state index in [0.29, 0.717) is 0 Å². The first-order valence-electron chi connectivity index (χ1n) is 3.34. The van der Waals surface area contributed by atoms with Gasteiger partial charge in [-0.1, -0.05) is 6.42 Å². The molecule has 1 rings (SSSR count). The van der Waals surface area contributed by atoms with Gasteiger partial charge < -0.3 is 4.74 Å². The van der Waals surface area contributed by atoms with Crippen LogP contribution in [0.5, 0.6) is 0 Å². The third-order valence-electron chi connectivity index (χ3n) is 2.11. The molecule has 0 aromatic heterocycles. The molecule has 3 heteroatoms. The minimum atomic E-state index is -0.381. The first-order chi connectivity index (χ1) is 4.69. The molecule has 0 aromatic rings. The molecule has 56 valence electrons. The molecule has 0 aromatic carbocycles. The van der Waals surface area contributed by atoms with Crippen LogP contribution in [0.25, 0.3) is 0 Å². The number of esters is 1. The Bertz CT molecular complexity index is 158. The monoisotopic (exact) mass is 142 g/mol. The van der Waals surface area contributed by atoms with Gasteiger partial charge in [-0.3, -0.25) is 9.59 Å². The molecule has 0 bridgehead atoms. The highest BCUT2D eigenvalue weighted by Crippen LogP contribution is 2.40. The molecule has 0 aliphatic heterocycles. The second-order valence-electron chi connectivity index (χ2n) is 2.92. The molecular weight excluding hydrogens is 132 g/mol. The fraction of sp³-hybridized carbons (Fsp3) is 0.714. The average molecular weight is 142 g/mol. The van der Waals surface area contributed by atoms with Crippen LogP contribution in [0.15, 0.2) is 0 Å². The number of carbonyl (C=O) groups is 2. The molecule has 3 nitrogen and oxygen atoms in total. The van der Waals surface area contributed by atoms with Gasteiger partial charge in [0.2, 0.25) is 0 Å². The second-order valence-corrected chi connectivity index (χ2v) is 2.92. The van der Waals surface area contributed by atoms with Crippen LogP contribution in [-0.2, 0) is 14.3 Å². The first-order valence-corrected chi connectivity index (χ1v) is 3.34. The normalized spacial score (nSPS) is 20.9. The van der Waals surface area contributed by atoms with E-state index in [1.165, 1.54) is 0 Å². The van der Waals surface area contributed by atoms with Crippen molar-refractivity contribution in [3.63, 3.8) is 0 Å². The van der Waals surface area contributed by atoms with Crippen LogP contribution >= 0.6 is 0 Å². The van der Waals surface area contributed by atoms with E-state index < -0.39 is 0 Å². The van der Waals surface area contributed by atoms with Crippen molar-refractivity contribution >= 4 is 12.4 Å². The van der Waals surface area contributed by atoms with Crippen molar-refractivity contribution in [2.45, 2.75) is 26.2 Å². The van der Waals surface area contributed by atoms with Crippen molar-refractivity contribution in [2.75, 3.05) is 0 Å². The fourth-order valence-electron chi connectivity index (χ4n) is 1.10. The van der Waals surface area contributed by atoms with Gasteiger partial charge in [0.15, 0.2) is 0 Å². The molecule has 1 aliphatic carbocycles. The third kappa shape index (κ3) is 1.03. The highest BCUT2D eigenvalue weighted by molar-refractivity contribution is 5.82. The largest absolute Gasteiger partial charge is 0.395 e. The van der Waals surface area contributed by atoms with E-state index in [-0.39, 0.29) is 17.9 Å². The van der Waals surface area contributed by atoms with Gasteiger partial charge in [-0.2, -0.15) is 0 Å². The van der Waals surface area contributed by atoms with E-state index in [9.17, 15) is 9.59 Å². The topological polar surface area (TPSA) is 43.4 Å². The van der Waals surface area contributed by atoms with Gasteiger partial charge in [-0.15, -0.1) is 0 Å². The minimum Gasteiger partial charge on any atom is -0.395 e. The second kappa shape index (κ2) is 2.40. The number of rotatable bonds is 2. The van der Waals surface area contributed by atoms with Gasteiger partial charge in [-0.05, 0) is 19.8 Å². The van der Waals surface area contributed by atoms with Gasteiger partial charge >= 0.3 is 12.4 Å². The van der Waals surface area contributed by atoms with E-state index in [4.69, 9.17) is 0 Å². The lowest BCUT2D eigenvalue weighted by Gasteiger charge is -2.34. The Kier molecular flexibility index (Phi) is 1.74. The minimum absolute atomic E-state index is 0.200. The van der Waals surface area contributed by atoms with Crippen molar-refractivity contribution in [1.82, 2.24) is 0 Å². The Morgan fingerprint density at radius 1 is 1.60 bits per heavy atom.